The third-order valence-corrected chi connectivity index (χ3v) is 5.23. The maximum atomic E-state index is 4.28. The molecule has 0 radical (unpaired) electrons. The van der Waals surface area contributed by atoms with Crippen molar-refractivity contribution in [3.05, 3.63) is 72.1 Å². The van der Waals surface area contributed by atoms with Gasteiger partial charge < -0.3 is 0 Å². The number of aromatic nitrogens is 3. The first-order valence-corrected chi connectivity index (χ1v) is 8.55. The molecule has 4 heteroatoms. The molecule has 0 bridgehead atoms. The summed E-state index contributed by atoms with van der Waals surface area (Å²) < 4.78 is 3.26. The van der Waals surface area contributed by atoms with Crippen LogP contribution in [0.2, 0.25) is 0 Å². The number of benzene rings is 2. The van der Waals surface area contributed by atoms with Crippen molar-refractivity contribution in [2.75, 3.05) is 0 Å². The molecule has 3 rings (SSSR count). The van der Waals surface area contributed by atoms with Gasteiger partial charge in [0.15, 0.2) is 0 Å². The van der Waals surface area contributed by atoms with Gasteiger partial charge in [0.05, 0.1) is 0 Å². The van der Waals surface area contributed by atoms with Crippen molar-refractivity contribution in [1.82, 2.24) is 15.0 Å². The van der Waals surface area contributed by atoms with Crippen LogP contribution in [-0.4, -0.2) is 30.0 Å². The second-order valence-corrected chi connectivity index (χ2v) is 6.74. The fourth-order valence-corrected chi connectivity index (χ4v) is 3.65. The molecule has 0 unspecified atom stereocenters. The van der Waals surface area contributed by atoms with Crippen LogP contribution in [0, 0.1) is 6.92 Å². The molecule has 0 fully saturated rings. The molecule has 1 heterocycles. The third-order valence-electron chi connectivity index (χ3n) is 3.03. The predicted molar refractivity (Wildman–Crippen MR) is 81.6 cm³/mol. The zero-order valence-corrected chi connectivity index (χ0v) is 12.9. The van der Waals surface area contributed by atoms with Crippen LogP contribution in [0.4, 0.5) is 0 Å². The van der Waals surface area contributed by atoms with Crippen molar-refractivity contribution in [2.24, 2.45) is 0 Å². The Morgan fingerprint density at radius 2 is 1.75 bits per heavy atom. The average Bonchev–Trinajstić information content (AvgIpc) is 2.95. The second-order valence-electron chi connectivity index (χ2n) is 4.54. The van der Waals surface area contributed by atoms with Gasteiger partial charge in [-0.1, -0.05) is 0 Å². The fourth-order valence-electron chi connectivity index (χ4n) is 1.98. The third kappa shape index (κ3) is 2.98. The van der Waals surface area contributed by atoms with Crippen LogP contribution in [0.15, 0.2) is 60.8 Å². The zero-order valence-electron chi connectivity index (χ0n) is 11.2. The minimum atomic E-state index is 0.411. The van der Waals surface area contributed by atoms with E-state index in [0.29, 0.717) is 15.0 Å². The van der Waals surface area contributed by atoms with Gasteiger partial charge in [0.2, 0.25) is 0 Å². The van der Waals surface area contributed by atoms with Crippen molar-refractivity contribution in [2.45, 2.75) is 12.2 Å². The molecule has 3 aromatic rings. The van der Waals surface area contributed by atoms with E-state index in [1.807, 2.05) is 29.1 Å². The Kier molecular flexibility index (Phi) is 3.95. The number of hydrogen-bond donors (Lipinski definition) is 0. The quantitative estimate of drug-likeness (QED) is 0.687. The van der Waals surface area contributed by atoms with Gasteiger partial charge in [-0.3, -0.25) is 0 Å². The number of para-hydroxylation sites is 1. The molecule has 0 aliphatic heterocycles. The van der Waals surface area contributed by atoms with E-state index in [-0.39, 0.29) is 0 Å². The van der Waals surface area contributed by atoms with E-state index in [4.69, 9.17) is 0 Å². The molecule has 2 aromatic carbocycles. The number of rotatable bonds is 4. The van der Waals surface area contributed by atoms with Crippen molar-refractivity contribution in [3.8, 4) is 5.69 Å². The topological polar surface area (TPSA) is 30.7 Å². The molecule has 0 amide bonds. The van der Waals surface area contributed by atoms with Gasteiger partial charge in [-0.2, -0.15) is 0 Å². The summed E-state index contributed by atoms with van der Waals surface area (Å²) in [4.78, 5) is 0. The summed E-state index contributed by atoms with van der Waals surface area (Å²) in [6.07, 6.45) is 2.03. The summed E-state index contributed by atoms with van der Waals surface area (Å²) in [5, 5.41) is 9.49. The molecule has 0 aliphatic rings. The molecule has 0 saturated carbocycles. The van der Waals surface area contributed by atoms with E-state index < -0.39 is 0 Å². The Balaban J connectivity index is 1.73. The number of aryl methyl sites for hydroxylation is 1. The van der Waals surface area contributed by atoms with Crippen LogP contribution < -0.4 is 4.46 Å². The first-order chi connectivity index (χ1) is 9.83. The zero-order chi connectivity index (χ0) is 13.8. The van der Waals surface area contributed by atoms with E-state index in [2.05, 4.69) is 53.6 Å². The molecule has 1 aromatic heterocycles. The van der Waals surface area contributed by atoms with Crippen molar-refractivity contribution in [1.29, 1.82) is 0 Å². The molecule has 0 atom stereocenters. The molecular formula is C16H15N3Se. The first-order valence-electron chi connectivity index (χ1n) is 6.48. The van der Waals surface area contributed by atoms with Crippen LogP contribution in [0.1, 0.15) is 11.3 Å². The Morgan fingerprint density at radius 1 is 1.00 bits per heavy atom. The van der Waals surface area contributed by atoms with Crippen molar-refractivity contribution in [3.63, 3.8) is 0 Å². The normalized spacial score (nSPS) is 10.7. The van der Waals surface area contributed by atoms with Crippen LogP contribution in [-0.2, 0) is 5.32 Å². The Hall–Kier alpha value is -1.90. The van der Waals surface area contributed by atoms with Crippen LogP contribution >= 0.6 is 0 Å². The molecule has 0 aliphatic carbocycles. The van der Waals surface area contributed by atoms with Crippen molar-refractivity contribution >= 4 is 19.4 Å². The van der Waals surface area contributed by atoms with Gasteiger partial charge in [-0.15, -0.1) is 0 Å². The van der Waals surface area contributed by atoms with E-state index in [1.165, 1.54) is 10.0 Å². The molecule has 0 spiro atoms. The molecule has 0 saturated heterocycles. The monoisotopic (exact) mass is 329 g/mol. The standard InChI is InChI=1S/C16H15N3Se/c1-13-7-5-6-10-16(13)19-11-14(17-18-19)12-20-15-8-3-2-4-9-15/h2-11H,12H2,1H3. The summed E-state index contributed by atoms with van der Waals surface area (Å²) in [5.74, 6) is 0. The molecule has 0 N–H and O–H groups in total. The minimum absolute atomic E-state index is 0.411. The van der Waals surface area contributed by atoms with Gasteiger partial charge in [-0.25, -0.2) is 0 Å². The summed E-state index contributed by atoms with van der Waals surface area (Å²) >= 11 is 0.411. The second kappa shape index (κ2) is 6.04. The Morgan fingerprint density at radius 3 is 2.55 bits per heavy atom. The van der Waals surface area contributed by atoms with Crippen LogP contribution in [0.3, 0.4) is 0 Å². The SMILES string of the molecule is Cc1ccccc1-n1cc(C[Se]c2ccccc2)nn1. The first kappa shape index (κ1) is 13.1. The van der Waals surface area contributed by atoms with E-state index in [0.717, 1.165) is 16.7 Å². The van der Waals surface area contributed by atoms with E-state index in [1.54, 1.807) is 0 Å². The van der Waals surface area contributed by atoms with Gasteiger partial charge in [0.25, 0.3) is 0 Å². The van der Waals surface area contributed by atoms with Gasteiger partial charge in [-0.05, 0) is 0 Å². The van der Waals surface area contributed by atoms with E-state index >= 15 is 0 Å². The number of hydrogen-bond acceptors (Lipinski definition) is 2. The number of nitrogens with zero attached hydrogens (tertiary/aromatic N) is 3. The summed E-state index contributed by atoms with van der Waals surface area (Å²) in [6, 6.07) is 18.8. The van der Waals surface area contributed by atoms with Gasteiger partial charge in [0, 0.05) is 0 Å². The molecule has 100 valence electrons. The molecular weight excluding hydrogens is 313 g/mol. The summed E-state index contributed by atoms with van der Waals surface area (Å²) in [5.41, 5.74) is 3.35. The van der Waals surface area contributed by atoms with Crippen LogP contribution in [0.5, 0.6) is 0 Å². The van der Waals surface area contributed by atoms with Gasteiger partial charge >= 0.3 is 124 Å². The average molecular weight is 328 g/mol. The molecule has 20 heavy (non-hydrogen) atoms. The summed E-state index contributed by atoms with van der Waals surface area (Å²) in [7, 11) is 0. The fraction of sp³-hybridized carbons (Fsp3) is 0.125. The summed E-state index contributed by atoms with van der Waals surface area (Å²) in [6.45, 7) is 2.09. The predicted octanol–water partition coefficient (Wildman–Crippen LogP) is 2.11. The molecule has 3 nitrogen and oxygen atoms in total. The van der Waals surface area contributed by atoms with Crippen LogP contribution in [0.25, 0.3) is 5.69 Å². The van der Waals surface area contributed by atoms with E-state index in [9.17, 15) is 0 Å². The van der Waals surface area contributed by atoms with Gasteiger partial charge in [0.1, 0.15) is 0 Å². The maximum absolute atomic E-state index is 4.28. The Bertz CT molecular complexity index is 692. The Labute approximate surface area is 124 Å². The van der Waals surface area contributed by atoms with Crippen molar-refractivity contribution < 1.29 is 0 Å².